The van der Waals surface area contributed by atoms with E-state index in [9.17, 15) is 8.42 Å². The summed E-state index contributed by atoms with van der Waals surface area (Å²) >= 11 is 3.23. The molecule has 0 saturated heterocycles. The zero-order valence-corrected chi connectivity index (χ0v) is 12.9. The van der Waals surface area contributed by atoms with Gasteiger partial charge >= 0.3 is 0 Å². The number of rotatable bonds is 6. The molecule has 102 valence electrons. The van der Waals surface area contributed by atoms with Crippen molar-refractivity contribution in [2.24, 2.45) is 0 Å². The predicted molar refractivity (Wildman–Crippen MR) is 76.9 cm³/mol. The van der Waals surface area contributed by atoms with Crippen LogP contribution in [0.25, 0.3) is 0 Å². The van der Waals surface area contributed by atoms with E-state index in [4.69, 9.17) is 5.73 Å². The number of nitrogen functional groups attached to an aromatic ring is 1. The molecule has 1 rings (SSSR count). The maximum Gasteiger partial charge on any atom is 0.240 e. The lowest BCUT2D eigenvalue weighted by molar-refractivity contribution is 0.400. The van der Waals surface area contributed by atoms with Gasteiger partial charge in [0, 0.05) is 16.7 Å². The molecule has 0 atom stereocenters. The van der Waals surface area contributed by atoms with Crippen LogP contribution in [0.5, 0.6) is 0 Å². The van der Waals surface area contributed by atoms with E-state index in [0.717, 1.165) is 13.0 Å². The van der Waals surface area contributed by atoms with E-state index in [2.05, 4.69) is 20.7 Å². The minimum absolute atomic E-state index is 0.188. The number of sulfonamides is 1. The molecule has 7 heteroatoms. The van der Waals surface area contributed by atoms with Crippen molar-refractivity contribution in [1.29, 1.82) is 0 Å². The van der Waals surface area contributed by atoms with Crippen LogP contribution in [0.3, 0.4) is 0 Å². The largest absolute Gasteiger partial charge is 0.398 e. The van der Waals surface area contributed by atoms with Gasteiger partial charge in [-0.1, -0.05) is 0 Å². The van der Waals surface area contributed by atoms with Crippen molar-refractivity contribution in [3.8, 4) is 0 Å². The summed E-state index contributed by atoms with van der Waals surface area (Å²) < 4.78 is 27.1. The molecule has 0 radical (unpaired) electrons. The monoisotopic (exact) mass is 335 g/mol. The number of nitrogens with two attached hydrogens (primary N) is 1. The first-order chi connectivity index (χ1) is 8.33. The third kappa shape index (κ3) is 4.56. The van der Waals surface area contributed by atoms with Crippen molar-refractivity contribution >= 4 is 31.6 Å². The van der Waals surface area contributed by atoms with E-state index < -0.39 is 10.0 Å². The molecule has 5 nitrogen and oxygen atoms in total. The molecule has 1 aromatic rings. The fourth-order valence-electron chi connectivity index (χ4n) is 1.37. The summed E-state index contributed by atoms with van der Waals surface area (Å²) in [6.07, 6.45) is 0.762. The molecule has 0 saturated carbocycles. The molecule has 0 aromatic heterocycles. The van der Waals surface area contributed by atoms with Crippen LogP contribution in [0.1, 0.15) is 6.42 Å². The number of anilines is 1. The Hall–Kier alpha value is -0.630. The molecule has 1 aromatic carbocycles. The first-order valence-electron chi connectivity index (χ1n) is 5.52. The summed E-state index contributed by atoms with van der Waals surface area (Å²) in [5.74, 6) is 0. The second kappa shape index (κ2) is 6.51. The molecular weight excluding hydrogens is 318 g/mol. The number of hydrogen-bond donors (Lipinski definition) is 2. The maximum absolute atomic E-state index is 11.9. The van der Waals surface area contributed by atoms with Gasteiger partial charge in [-0.05, 0) is 61.2 Å². The van der Waals surface area contributed by atoms with E-state index in [-0.39, 0.29) is 4.90 Å². The van der Waals surface area contributed by atoms with Crippen LogP contribution in [0.2, 0.25) is 0 Å². The molecule has 0 fully saturated rings. The van der Waals surface area contributed by atoms with E-state index in [1.807, 2.05) is 19.0 Å². The molecule has 0 amide bonds. The van der Waals surface area contributed by atoms with Crippen molar-refractivity contribution in [1.82, 2.24) is 9.62 Å². The summed E-state index contributed by atoms with van der Waals surface area (Å²) in [5, 5.41) is 0. The summed E-state index contributed by atoms with van der Waals surface area (Å²) in [6.45, 7) is 1.25. The molecule has 0 heterocycles. The third-order valence-corrected chi connectivity index (χ3v) is 4.53. The Morgan fingerprint density at radius 1 is 1.39 bits per heavy atom. The zero-order valence-electron chi connectivity index (χ0n) is 10.5. The summed E-state index contributed by atoms with van der Waals surface area (Å²) in [6, 6.07) is 4.59. The topological polar surface area (TPSA) is 75.4 Å². The van der Waals surface area contributed by atoms with Gasteiger partial charge in [0.1, 0.15) is 0 Å². The van der Waals surface area contributed by atoms with Crippen molar-refractivity contribution in [2.45, 2.75) is 11.3 Å². The predicted octanol–water partition coefficient (Wildman–Crippen LogP) is 1.26. The quantitative estimate of drug-likeness (QED) is 0.606. The lowest BCUT2D eigenvalue weighted by Gasteiger charge is -2.11. The number of nitrogens with zero attached hydrogens (tertiary/aromatic N) is 1. The SMILES string of the molecule is CN(C)CCCNS(=O)(=O)c1ccc(Br)c(N)c1. The molecule has 0 aliphatic rings. The van der Waals surface area contributed by atoms with E-state index in [1.54, 1.807) is 6.07 Å². The summed E-state index contributed by atoms with van der Waals surface area (Å²) in [4.78, 5) is 2.19. The first kappa shape index (κ1) is 15.4. The Labute approximate surface area is 117 Å². The third-order valence-electron chi connectivity index (χ3n) is 2.35. The maximum atomic E-state index is 11.9. The van der Waals surface area contributed by atoms with E-state index in [0.29, 0.717) is 16.7 Å². The van der Waals surface area contributed by atoms with Crippen molar-refractivity contribution < 1.29 is 8.42 Å². The van der Waals surface area contributed by atoms with Crippen LogP contribution in [-0.2, 0) is 10.0 Å². The van der Waals surface area contributed by atoms with Crippen LogP contribution in [-0.4, -0.2) is 40.5 Å². The van der Waals surface area contributed by atoms with Gasteiger partial charge in [0.15, 0.2) is 0 Å². The molecule has 18 heavy (non-hydrogen) atoms. The minimum atomic E-state index is -3.47. The molecule has 0 spiro atoms. The first-order valence-corrected chi connectivity index (χ1v) is 7.80. The highest BCUT2D eigenvalue weighted by molar-refractivity contribution is 9.10. The Balaban J connectivity index is 2.66. The van der Waals surface area contributed by atoms with Crippen LogP contribution in [0.15, 0.2) is 27.6 Å². The van der Waals surface area contributed by atoms with Crippen LogP contribution in [0, 0.1) is 0 Å². The molecule has 0 aliphatic heterocycles. The molecule has 3 N–H and O–H groups in total. The number of benzene rings is 1. The second-order valence-corrected chi connectivity index (χ2v) is 6.86. The summed E-state index contributed by atoms with van der Waals surface area (Å²) in [5.41, 5.74) is 6.07. The van der Waals surface area contributed by atoms with E-state index in [1.165, 1.54) is 12.1 Å². The van der Waals surface area contributed by atoms with Crippen LogP contribution in [0.4, 0.5) is 5.69 Å². The van der Waals surface area contributed by atoms with Gasteiger partial charge in [0.05, 0.1) is 4.90 Å². The Morgan fingerprint density at radius 3 is 2.61 bits per heavy atom. The van der Waals surface area contributed by atoms with Crippen molar-refractivity contribution in [2.75, 3.05) is 32.9 Å². The Bertz CT molecular complexity index is 503. The Morgan fingerprint density at radius 2 is 2.06 bits per heavy atom. The van der Waals surface area contributed by atoms with Crippen LogP contribution >= 0.6 is 15.9 Å². The normalized spacial score (nSPS) is 12.0. The van der Waals surface area contributed by atoms with Gasteiger partial charge in [-0.25, -0.2) is 13.1 Å². The van der Waals surface area contributed by atoms with Crippen LogP contribution < -0.4 is 10.5 Å². The smallest absolute Gasteiger partial charge is 0.240 e. The average molecular weight is 336 g/mol. The molecule has 0 bridgehead atoms. The lowest BCUT2D eigenvalue weighted by Crippen LogP contribution is -2.27. The number of halogens is 1. The standard InChI is InChI=1S/C11H18BrN3O2S/c1-15(2)7-3-6-14-18(16,17)9-4-5-10(12)11(13)8-9/h4-5,8,14H,3,6-7,13H2,1-2H3. The van der Waals surface area contributed by atoms with Crippen molar-refractivity contribution in [3.63, 3.8) is 0 Å². The fraction of sp³-hybridized carbons (Fsp3) is 0.455. The van der Waals surface area contributed by atoms with Gasteiger partial charge in [0.25, 0.3) is 0 Å². The van der Waals surface area contributed by atoms with Gasteiger partial charge < -0.3 is 10.6 Å². The number of hydrogen-bond acceptors (Lipinski definition) is 4. The number of nitrogens with one attached hydrogen (secondary N) is 1. The highest BCUT2D eigenvalue weighted by atomic mass is 79.9. The van der Waals surface area contributed by atoms with Gasteiger partial charge in [-0.2, -0.15) is 0 Å². The van der Waals surface area contributed by atoms with E-state index >= 15 is 0 Å². The fourth-order valence-corrected chi connectivity index (χ4v) is 2.73. The summed E-state index contributed by atoms with van der Waals surface area (Å²) in [7, 11) is 0.430. The van der Waals surface area contributed by atoms with Gasteiger partial charge in [-0.3, -0.25) is 0 Å². The Kier molecular flexibility index (Phi) is 5.58. The minimum Gasteiger partial charge on any atom is -0.398 e. The lowest BCUT2D eigenvalue weighted by atomic mass is 10.3. The average Bonchev–Trinajstić information content (AvgIpc) is 2.28. The second-order valence-electron chi connectivity index (χ2n) is 4.24. The van der Waals surface area contributed by atoms with Gasteiger partial charge in [-0.15, -0.1) is 0 Å². The highest BCUT2D eigenvalue weighted by Crippen LogP contribution is 2.22. The molecule has 0 aliphatic carbocycles. The highest BCUT2D eigenvalue weighted by Gasteiger charge is 2.14. The molecule has 0 unspecified atom stereocenters. The van der Waals surface area contributed by atoms with Gasteiger partial charge in [0.2, 0.25) is 10.0 Å². The molecular formula is C11H18BrN3O2S. The zero-order chi connectivity index (χ0) is 13.8. The van der Waals surface area contributed by atoms with Crippen molar-refractivity contribution in [3.05, 3.63) is 22.7 Å².